The van der Waals surface area contributed by atoms with Crippen molar-refractivity contribution in [2.24, 2.45) is 0 Å². The van der Waals surface area contributed by atoms with E-state index in [1.165, 1.54) is 0 Å². The van der Waals surface area contributed by atoms with Gasteiger partial charge in [-0.2, -0.15) is 0 Å². The van der Waals surface area contributed by atoms with Gasteiger partial charge in [-0.25, -0.2) is 4.79 Å². The molecule has 0 aliphatic heterocycles. The molecule has 0 spiro atoms. The van der Waals surface area contributed by atoms with Crippen molar-refractivity contribution >= 4 is 11.8 Å². The molecule has 0 aliphatic rings. The van der Waals surface area contributed by atoms with E-state index in [-0.39, 0.29) is 0 Å². The Balaban J connectivity index is 0.000000829. The van der Waals surface area contributed by atoms with Crippen molar-refractivity contribution in [3.05, 3.63) is 60.7 Å². The van der Waals surface area contributed by atoms with Crippen LogP contribution >= 0.6 is 0 Å². The van der Waals surface area contributed by atoms with Gasteiger partial charge >= 0.3 is 6.09 Å². The Bertz CT molecular complexity index is 411. The highest BCUT2D eigenvalue weighted by atomic mass is 16.6. The van der Waals surface area contributed by atoms with Crippen LogP contribution in [-0.4, -0.2) is 6.09 Å². The number of para-hydroxylation sites is 2. The van der Waals surface area contributed by atoms with Crippen molar-refractivity contribution in [3.63, 3.8) is 0 Å². The van der Waals surface area contributed by atoms with E-state index in [4.69, 9.17) is 4.74 Å². The summed E-state index contributed by atoms with van der Waals surface area (Å²) in [6.45, 7) is 8.00. The van der Waals surface area contributed by atoms with Crippen molar-refractivity contribution in [3.8, 4) is 5.75 Å². The fourth-order valence-electron chi connectivity index (χ4n) is 1.26. The van der Waals surface area contributed by atoms with Gasteiger partial charge in [-0.3, -0.25) is 5.32 Å². The zero-order valence-electron chi connectivity index (χ0n) is 12.6. The fourth-order valence-corrected chi connectivity index (χ4v) is 1.26. The SMILES string of the molecule is CC.CC.O=C(Nc1ccccc1)Oc1ccccc1. The van der Waals surface area contributed by atoms with Crippen molar-refractivity contribution in [1.29, 1.82) is 0 Å². The second-order valence-corrected chi connectivity index (χ2v) is 3.19. The number of benzene rings is 2. The lowest BCUT2D eigenvalue weighted by Crippen LogP contribution is -2.16. The number of hydrogen-bond donors (Lipinski definition) is 1. The second kappa shape index (κ2) is 11.8. The van der Waals surface area contributed by atoms with Gasteiger partial charge in [0.05, 0.1) is 0 Å². The molecular formula is C17H23NO2. The third-order valence-electron chi connectivity index (χ3n) is 1.97. The van der Waals surface area contributed by atoms with Crippen LogP contribution in [0.25, 0.3) is 0 Å². The first-order valence-corrected chi connectivity index (χ1v) is 6.93. The van der Waals surface area contributed by atoms with Gasteiger partial charge in [0.25, 0.3) is 0 Å². The molecule has 0 aliphatic carbocycles. The number of nitrogens with one attached hydrogen (secondary N) is 1. The minimum atomic E-state index is -0.489. The molecule has 2 rings (SSSR count). The molecule has 0 aromatic heterocycles. The van der Waals surface area contributed by atoms with E-state index in [2.05, 4.69) is 5.32 Å². The number of amides is 1. The summed E-state index contributed by atoms with van der Waals surface area (Å²) in [5.41, 5.74) is 0.712. The molecule has 0 saturated heterocycles. The minimum absolute atomic E-state index is 0.489. The zero-order valence-corrected chi connectivity index (χ0v) is 12.6. The first kappa shape index (κ1) is 17.7. The van der Waals surface area contributed by atoms with E-state index in [1.807, 2.05) is 64.1 Å². The van der Waals surface area contributed by atoms with Gasteiger partial charge in [-0.15, -0.1) is 0 Å². The molecule has 2 aromatic carbocycles. The van der Waals surface area contributed by atoms with E-state index in [1.54, 1.807) is 24.3 Å². The molecule has 0 fully saturated rings. The Morgan fingerprint density at radius 1 is 0.800 bits per heavy atom. The molecule has 20 heavy (non-hydrogen) atoms. The van der Waals surface area contributed by atoms with Crippen molar-refractivity contribution in [2.75, 3.05) is 5.32 Å². The number of ether oxygens (including phenoxy) is 1. The van der Waals surface area contributed by atoms with Gasteiger partial charge in [-0.05, 0) is 24.3 Å². The smallest absolute Gasteiger partial charge is 0.410 e. The van der Waals surface area contributed by atoms with Crippen molar-refractivity contribution < 1.29 is 9.53 Å². The first-order valence-electron chi connectivity index (χ1n) is 6.93. The van der Waals surface area contributed by atoms with Crippen LogP contribution < -0.4 is 10.1 Å². The number of hydrogen-bond acceptors (Lipinski definition) is 2. The second-order valence-electron chi connectivity index (χ2n) is 3.19. The average Bonchev–Trinajstić information content (AvgIpc) is 2.53. The molecule has 1 N–H and O–H groups in total. The molecule has 0 heterocycles. The normalized spacial score (nSPS) is 8.20. The summed E-state index contributed by atoms with van der Waals surface area (Å²) in [5, 5.41) is 2.63. The maximum Gasteiger partial charge on any atom is 0.417 e. The van der Waals surface area contributed by atoms with Gasteiger partial charge in [0, 0.05) is 5.69 Å². The summed E-state index contributed by atoms with van der Waals surface area (Å²) >= 11 is 0. The Kier molecular flexibility index (Phi) is 10.4. The van der Waals surface area contributed by atoms with Gasteiger partial charge in [-0.1, -0.05) is 64.1 Å². The summed E-state index contributed by atoms with van der Waals surface area (Å²) in [4.78, 5) is 11.4. The van der Waals surface area contributed by atoms with Gasteiger partial charge in [0.15, 0.2) is 0 Å². The predicted octanol–water partition coefficient (Wildman–Crippen LogP) is 5.35. The molecule has 0 atom stereocenters. The average molecular weight is 273 g/mol. The lowest BCUT2D eigenvalue weighted by Gasteiger charge is -2.05. The van der Waals surface area contributed by atoms with Gasteiger partial charge in [0.1, 0.15) is 5.75 Å². The molecule has 1 amide bonds. The van der Waals surface area contributed by atoms with Crippen molar-refractivity contribution in [2.45, 2.75) is 27.7 Å². The summed E-state index contributed by atoms with van der Waals surface area (Å²) < 4.78 is 5.07. The van der Waals surface area contributed by atoms with Gasteiger partial charge in [0.2, 0.25) is 0 Å². The summed E-state index contributed by atoms with van der Waals surface area (Å²) in [5.74, 6) is 0.524. The highest BCUT2D eigenvalue weighted by Gasteiger charge is 2.03. The van der Waals surface area contributed by atoms with Crippen LogP contribution in [0.2, 0.25) is 0 Å². The van der Waals surface area contributed by atoms with Crippen LogP contribution in [0.3, 0.4) is 0 Å². The van der Waals surface area contributed by atoms with E-state index >= 15 is 0 Å². The molecule has 0 unspecified atom stereocenters. The molecule has 2 aromatic rings. The molecule has 3 heteroatoms. The van der Waals surface area contributed by atoms with Crippen LogP contribution in [-0.2, 0) is 0 Å². The van der Waals surface area contributed by atoms with E-state index in [9.17, 15) is 4.79 Å². The molecular weight excluding hydrogens is 250 g/mol. The van der Waals surface area contributed by atoms with Crippen LogP contribution in [0, 0.1) is 0 Å². The lowest BCUT2D eigenvalue weighted by atomic mass is 10.3. The highest BCUT2D eigenvalue weighted by molar-refractivity contribution is 5.86. The van der Waals surface area contributed by atoms with Crippen LogP contribution in [0.1, 0.15) is 27.7 Å². The fraction of sp³-hybridized carbons (Fsp3) is 0.235. The lowest BCUT2D eigenvalue weighted by molar-refractivity contribution is 0.215. The summed E-state index contributed by atoms with van der Waals surface area (Å²) in [7, 11) is 0. The zero-order chi connectivity index (χ0) is 15.2. The van der Waals surface area contributed by atoms with Crippen molar-refractivity contribution in [1.82, 2.24) is 0 Å². The van der Waals surface area contributed by atoms with E-state index in [0.717, 1.165) is 0 Å². The molecule has 3 nitrogen and oxygen atoms in total. The standard InChI is InChI=1S/C13H11NO2.2C2H6/c15-13(14-11-7-3-1-4-8-11)16-12-9-5-2-6-10-12;2*1-2/h1-10H,(H,14,15);2*1-2H3. The van der Waals surface area contributed by atoms with E-state index < -0.39 is 6.09 Å². The molecule has 0 radical (unpaired) electrons. The first-order chi connectivity index (χ1) is 9.84. The topological polar surface area (TPSA) is 38.3 Å². The number of carbonyl (C=O) groups excluding carboxylic acids is 1. The monoisotopic (exact) mass is 273 g/mol. The predicted molar refractivity (Wildman–Crippen MR) is 85.2 cm³/mol. The van der Waals surface area contributed by atoms with E-state index in [0.29, 0.717) is 11.4 Å². The van der Waals surface area contributed by atoms with Gasteiger partial charge < -0.3 is 4.74 Å². The summed E-state index contributed by atoms with van der Waals surface area (Å²) in [6, 6.07) is 18.1. The Morgan fingerprint density at radius 2 is 1.25 bits per heavy atom. The quantitative estimate of drug-likeness (QED) is 0.801. The molecule has 0 bridgehead atoms. The Morgan fingerprint density at radius 3 is 1.75 bits per heavy atom. The largest absolute Gasteiger partial charge is 0.417 e. The third-order valence-corrected chi connectivity index (χ3v) is 1.97. The minimum Gasteiger partial charge on any atom is -0.410 e. The number of carbonyl (C=O) groups is 1. The third kappa shape index (κ3) is 7.21. The number of rotatable bonds is 2. The maximum absolute atomic E-state index is 11.4. The Labute approximate surface area is 121 Å². The Hall–Kier alpha value is -2.29. The van der Waals surface area contributed by atoms with Crippen LogP contribution in [0.4, 0.5) is 10.5 Å². The number of anilines is 1. The van der Waals surface area contributed by atoms with Crippen LogP contribution in [0.5, 0.6) is 5.75 Å². The van der Waals surface area contributed by atoms with Crippen LogP contribution in [0.15, 0.2) is 60.7 Å². The maximum atomic E-state index is 11.4. The summed E-state index contributed by atoms with van der Waals surface area (Å²) in [6.07, 6.45) is -0.489. The highest BCUT2D eigenvalue weighted by Crippen LogP contribution is 2.10. The molecule has 0 saturated carbocycles. The molecule has 108 valence electrons.